The van der Waals surface area contributed by atoms with Gasteiger partial charge in [0.05, 0.1) is 6.04 Å². The second kappa shape index (κ2) is 8.02. The summed E-state index contributed by atoms with van der Waals surface area (Å²) in [6.45, 7) is 4.19. The SMILES string of the molecule is CC(C)CCC(=O)NC(/C(N)=N/O)C1CCCCC1. The highest BCUT2D eigenvalue weighted by molar-refractivity contribution is 5.90. The topological polar surface area (TPSA) is 87.7 Å². The second-order valence-electron chi connectivity index (χ2n) is 5.90. The van der Waals surface area contributed by atoms with E-state index in [1.54, 1.807) is 0 Å². The summed E-state index contributed by atoms with van der Waals surface area (Å²) < 4.78 is 0. The fourth-order valence-electron chi connectivity index (χ4n) is 2.63. The third-order valence-electron chi connectivity index (χ3n) is 3.82. The summed E-state index contributed by atoms with van der Waals surface area (Å²) in [5.41, 5.74) is 5.74. The van der Waals surface area contributed by atoms with E-state index in [9.17, 15) is 4.79 Å². The minimum absolute atomic E-state index is 0.00382. The predicted molar refractivity (Wildman–Crippen MR) is 76.0 cm³/mol. The van der Waals surface area contributed by atoms with Crippen molar-refractivity contribution in [2.24, 2.45) is 22.7 Å². The Kier molecular flexibility index (Phi) is 6.67. The maximum Gasteiger partial charge on any atom is 0.220 e. The van der Waals surface area contributed by atoms with Gasteiger partial charge in [0.2, 0.25) is 5.91 Å². The van der Waals surface area contributed by atoms with Crippen molar-refractivity contribution in [2.75, 3.05) is 0 Å². The monoisotopic (exact) mass is 269 g/mol. The molecule has 110 valence electrons. The molecule has 1 atom stereocenters. The zero-order chi connectivity index (χ0) is 14.3. The molecule has 1 saturated carbocycles. The zero-order valence-corrected chi connectivity index (χ0v) is 12.1. The molecule has 1 amide bonds. The number of rotatable bonds is 6. The lowest BCUT2D eigenvalue weighted by molar-refractivity contribution is -0.122. The Morgan fingerprint density at radius 3 is 2.53 bits per heavy atom. The fraction of sp³-hybridized carbons (Fsp3) is 0.857. The van der Waals surface area contributed by atoms with Crippen LogP contribution in [0, 0.1) is 11.8 Å². The third-order valence-corrected chi connectivity index (χ3v) is 3.82. The number of oxime groups is 1. The Morgan fingerprint density at radius 2 is 2.00 bits per heavy atom. The summed E-state index contributed by atoms with van der Waals surface area (Å²) >= 11 is 0. The molecule has 0 spiro atoms. The molecule has 5 nitrogen and oxygen atoms in total. The molecule has 1 unspecified atom stereocenters. The van der Waals surface area contributed by atoms with Crippen LogP contribution in [0.3, 0.4) is 0 Å². The van der Waals surface area contributed by atoms with Gasteiger partial charge in [-0.15, -0.1) is 0 Å². The molecular weight excluding hydrogens is 242 g/mol. The largest absolute Gasteiger partial charge is 0.409 e. The van der Waals surface area contributed by atoms with Gasteiger partial charge in [-0.25, -0.2) is 0 Å². The average Bonchev–Trinajstić information content (AvgIpc) is 2.42. The van der Waals surface area contributed by atoms with E-state index in [1.165, 1.54) is 6.42 Å². The van der Waals surface area contributed by atoms with Crippen LogP contribution in [0.15, 0.2) is 5.16 Å². The molecule has 0 heterocycles. The number of hydrogen-bond donors (Lipinski definition) is 3. The van der Waals surface area contributed by atoms with Crippen molar-refractivity contribution in [1.29, 1.82) is 0 Å². The first-order valence-electron chi connectivity index (χ1n) is 7.31. The minimum atomic E-state index is -0.315. The van der Waals surface area contributed by atoms with Crippen molar-refractivity contribution in [3.05, 3.63) is 0 Å². The highest BCUT2D eigenvalue weighted by atomic mass is 16.4. The van der Waals surface area contributed by atoms with Crippen molar-refractivity contribution in [3.63, 3.8) is 0 Å². The molecule has 1 rings (SSSR count). The number of carbonyl (C=O) groups is 1. The number of amides is 1. The van der Waals surface area contributed by atoms with Crippen molar-refractivity contribution in [3.8, 4) is 0 Å². The molecule has 1 aliphatic rings. The molecular formula is C14H27N3O2. The van der Waals surface area contributed by atoms with E-state index >= 15 is 0 Å². The van der Waals surface area contributed by atoms with Gasteiger partial charge < -0.3 is 16.3 Å². The molecule has 0 aliphatic heterocycles. The van der Waals surface area contributed by atoms with Crippen LogP contribution in [-0.2, 0) is 4.79 Å². The Balaban J connectivity index is 2.56. The van der Waals surface area contributed by atoms with Gasteiger partial charge in [-0.3, -0.25) is 4.79 Å². The number of nitrogens with one attached hydrogen (secondary N) is 1. The maximum absolute atomic E-state index is 11.9. The lowest BCUT2D eigenvalue weighted by atomic mass is 9.83. The van der Waals surface area contributed by atoms with E-state index in [4.69, 9.17) is 10.9 Å². The Bertz CT molecular complexity index is 310. The first kappa shape index (κ1) is 15.8. The molecule has 1 fully saturated rings. The van der Waals surface area contributed by atoms with Crippen molar-refractivity contribution < 1.29 is 10.0 Å². The van der Waals surface area contributed by atoms with Crippen molar-refractivity contribution in [1.82, 2.24) is 5.32 Å². The fourth-order valence-corrected chi connectivity index (χ4v) is 2.63. The first-order chi connectivity index (χ1) is 9.04. The molecule has 0 bridgehead atoms. The summed E-state index contributed by atoms with van der Waals surface area (Å²) in [4.78, 5) is 11.9. The predicted octanol–water partition coefficient (Wildman–Crippen LogP) is 2.23. The van der Waals surface area contributed by atoms with E-state index < -0.39 is 0 Å². The molecule has 0 saturated heterocycles. The highest BCUT2D eigenvalue weighted by Gasteiger charge is 2.28. The quantitative estimate of drug-likeness (QED) is 0.299. The van der Waals surface area contributed by atoms with Gasteiger partial charge >= 0.3 is 0 Å². The normalized spacial score (nSPS) is 19.4. The van der Waals surface area contributed by atoms with Crippen LogP contribution in [0.5, 0.6) is 0 Å². The van der Waals surface area contributed by atoms with Gasteiger partial charge in [-0.05, 0) is 31.1 Å². The summed E-state index contributed by atoms with van der Waals surface area (Å²) in [6, 6.07) is -0.315. The average molecular weight is 269 g/mol. The number of carbonyl (C=O) groups excluding carboxylic acids is 1. The smallest absolute Gasteiger partial charge is 0.220 e. The van der Waals surface area contributed by atoms with Crippen molar-refractivity contribution in [2.45, 2.75) is 64.8 Å². The van der Waals surface area contributed by atoms with Gasteiger partial charge in [0.1, 0.15) is 0 Å². The van der Waals surface area contributed by atoms with Crippen LogP contribution >= 0.6 is 0 Å². The highest BCUT2D eigenvalue weighted by Crippen LogP contribution is 2.26. The lowest BCUT2D eigenvalue weighted by Gasteiger charge is -2.30. The van der Waals surface area contributed by atoms with Crippen LogP contribution in [0.25, 0.3) is 0 Å². The van der Waals surface area contributed by atoms with Gasteiger partial charge in [-0.2, -0.15) is 0 Å². The Hall–Kier alpha value is -1.26. The summed E-state index contributed by atoms with van der Waals surface area (Å²) in [5.74, 6) is 0.927. The second-order valence-corrected chi connectivity index (χ2v) is 5.90. The standard InChI is InChI=1S/C14H27N3O2/c1-10(2)8-9-12(18)16-13(14(15)17-19)11-6-4-3-5-7-11/h10-11,13,19H,3-9H2,1-2H3,(H2,15,17)(H,16,18). The number of nitrogens with two attached hydrogens (primary N) is 1. The van der Waals surface area contributed by atoms with Gasteiger partial charge in [-0.1, -0.05) is 38.3 Å². The van der Waals surface area contributed by atoms with Crippen molar-refractivity contribution >= 4 is 11.7 Å². The molecule has 0 radical (unpaired) electrons. The Morgan fingerprint density at radius 1 is 1.37 bits per heavy atom. The molecule has 1 aliphatic carbocycles. The maximum atomic E-state index is 11.9. The van der Waals surface area contributed by atoms with E-state index in [1.807, 2.05) is 0 Å². The minimum Gasteiger partial charge on any atom is -0.409 e. The Labute approximate surface area is 115 Å². The molecule has 5 heteroatoms. The molecule has 0 aromatic heterocycles. The zero-order valence-electron chi connectivity index (χ0n) is 12.1. The van der Waals surface area contributed by atoms with Crippen LogP contribution < -0.4 is 11.1 Å². The number of nitrogens with zero attached hydrogens (tertiary/aromatic N) is 1. The van der Waals surface area contributed by atoms with Crippen LogP contribution in [0.2, 0.25) is 0 Å². The van der Waals surface area contributed by atoms with E-state index in [0.717, 1.165) is 32.1 Å². The molecule has 0 aromatic carbocycles. The van der Waals surface area contributed by atoms with Gasteiger partial charge in [0.25, 0.3) is 0 Å². The van der Waals surface area contributed by atoms with E-state index in [0.29, 0.717) is 18.3 Å². The van der Waals surface area contributed by atoms with Gasteiger partial charge in [0, 0.05) is 6.42 Å². The van der Waals surface area contributed by atoms with Gasteiger partial charge in [0.15, 0.2) is 5.84 Å². The number of hydrogen-bond acceptors (Lipinski definition) is 3. The van der Waals surface area contributed by atoms with Crippen LogP contribution in [-0.4, -0.2) is 23.0 Å². The third kappa shape index (κ3) is 5.49. The molecule has 0 aromatic rings. The van der Waals surface area contributed by atoms with Crippen LogP contribution in [0.4, 0.5) is 0 Å². The number of amidine groups is 1. The van der Waals surface area contributed by atoms with Crippen LogP contribution in [0.1, 0.15) is 58.8 Å². The van der Waals surface area contributed by atoms with E-state index in [2.05, 4.69) is 24.3 Å². The first-order valence-corrected chi connectivity index (χ1v) is 7.31. The molecule has 19 heavy (non-hydrogen) atoms. The summed E-state index contributed by atoms with van der Waals surface area (Å²) in [7, 11) is 0. The lowest BCUT2D eigenvalue weighted by Crippen LogP contribution is -2.49. The summed E-state index contributed by atoms with van der Waals surface area (Å²) in [5, 5.41) is 14.9. The summed E-state index contributed by atoms with van der Waals surface area (Å²) in [6.07, 6.45) is 6.97. The van der Waals surface area contributed by atoms with E-state index in [-0.39, 0.29) is 17.8 Å². The molecule has 4 N–H and O–H groups in total.